The summed E-state index contributed by atoms with van der Waals surface area (Å²) in [7, 11) is 4.39. The molecule has 2 aromatic rings. The summed E-state index contributed by atoms with van der Waals surface area (Å²) in [5.41, 5.74) is 4.32. The van der Waals surface area contributed by atoms with Gasteiger partial charge in [-0.15, -0.1) is 0 Å². The van der Waals surface area contributed by atoms with Gasteiger partial charge >= 0.3 is 6.03 Å². The Bertz CT molecular complexity index is 1120. The number of hydrogen-bond donors (Lipinski definition) is 1. The summed E-state index contributed by atoms with van der Waals surface area (Å²) in [6.45, 7) is 5.62. The summed E-state index contributed by atoms with van der Waals surface area (Å²) in [4.78, 5) is 28.9. The first-order valence-electron chi connectivity index (χ1n) is 13.4. The highest BCUT2D eigenvalue weighted by atomic mass is 16.5. The Hall–Kier alpha value is -2.71. The Morgan fingerprint density at radius 2 is 1.75 bits per heavy atom. The van der Waals surface area contributed by atoms with Crippen LogP contribution < -0.4 is 15.1 Å². The fourth-order valence-corrected chi connectivity index (χ4v) is 6.43. The highest BCUT2D eigenvalue weighted by Gasteiger charge is 2.50. The highest BCUT2D eigenvalue weighted by Crippen LogP contribution is 2.47. The molecule has 2 amide bonds. The van der Waals surface area contributed by atoms with Crippen molar-refractivity contribution in [1.29, 1.82) is 0 Å². The van der Waals surface area contributed by atoms with E-state index >= 15 is 0 Å². The molecule has 3 heterocycles. The fourth-order valence-electron chi connectivity index (χ4n) is 6.43. The van der Waals surface area contributed by atoms with E-state index in [0.717, 1.165) is 62.0 Å². The van der Waals surface area contributed by atoms with Gasteiger partial charge in [0, 0.05) is 18.6 Å². The number of benzene rings is 1. The van der Waals surface area contributed by atoms with Gasteiger partial charge in [0.05, 0.1) is 42.9 Å². The Balaban J connectivity index is 1.18. The van der Waals surface area contributed by atoms with Crippen molar-refractivity contribution in [1.82, 2.24) is 20.2 Å². The average Bonchev–Trinajstić information content (AvgIpc) is 3.70. The topological polar surface area (TPSA) is 73.8 Å². The zero-order chi connectivity index (χ0) is 24.9. The maximum Gasteiger partial charge on any atom is 0.322 e. The third-order valence-corrected chi connectivity index (χ3v) is 8.99. The maximum atomic E-state index is 13.2. The van der Waals surface area contributed by atoms with Crippen LogP contribution in [0.15, 0.2) is 30.5 Å². The number of carbonyl (C=O) groups excluding carboxylic acids is 1. The zero-order valence-electron chi connectivity index (χ0n) is 21.8. The van der Waals surface area contributed by atoms with Crippen LogP contribution in [0, 0.1) is 6.92 Å². The maximum absolute atomic E-state index is 13.2. The van der Waals surface area contributed by atoms with E-state index in [4.69, 9.17) is 9.72 Å². The Morgan fingerprint density at radius 1 is 1.06 bits per heavy atom. The minimum Gasteiger partial charge on any atom is -0.378 e. The van der Waals surface area contributed by atoms with E-state index < -0.39 is 0 Å². The number of nitrogens with one attached hydrogen (secondary N) is 1. The van der Waals surface area contributed by atoms with Crippen molar-refractivity contribution in [3.05, 3.63) is 47.3 Å². The van der Waals surface area contributed by atoms with Crippen LogP contribution in [0.5, 0.6) is 0 Å². The third-order valence-electron chi connectivity index (χ3n) is 8.99. The molecule has 8 heteroatoms. The molecule has 2 aliphatic carbocycles. The van der Waals surface area contributed by atoms with Crippen LogP contribution in [-0.4, -0.2) is 73.4 Å². The lowest BCUT2D eigenvalue weighted by Gasteiger charge is -2.48. The Labute approximate surface area is 214 Å². The van der Waals surface area contributed by atoms with Crippen LogP contribution in [-0.2, 0) is 10.3 Å². The van der Waals surface area contributed by atoms with E-state index in [0.29, 0.717) is 19.8 Å². The van der Waals surface area contributed by atoms with Crippen LogP contribution >= 0.6 is 0 Å². The molecule has 192 valence electrons. The first-order valence-corrected chi connectivity index (χ1v) is 13.4. The molecule has 6 rings (SSSR count). The predicted molar refractivity (Wildman–Crippen MR) is 141 cm³/mol. The second kappa shape index (κ2) is 8.99. The molecule has 0 bridgehead atoms. The molecule has 0 unspecified atom stereocenters. The molecule has 0 radical (unpaired) electrons. The molecule has 1 aromatic heterocycles. The summed E-state index contributed by atoms with van der Waals surface area (Å²) >= 11 is 0. The van der Waals surface area contributed by atoms with Gasteiger partial charge < -0.3 is 15.0 Å². The Morgan fingerprint density at radius 3 is 2.36 bits per heavy atom. The summed E-state index contributed by atoms with van der Waals surface area (Å²) in [5, 5.41) is 3.37. The molecule has 1 N–H and O–H groups in total. The van der Waals surface area contributed by atoms with Gasteiger partial charge in [-0.1, -0.05) is 24.3 Å². The molecule has 2 saturated carbocycles. The normalized spacial score (nSPS) is 28.7. The minimum atomic E-state index is -0.208. The van der Waals surface area contributed by atoms with E-state index in [9.17, 15) is 4.79 Å². The van der Waals surface area contributed by atoms with Crippen LogP contribution in [0.25, 0.3) is 0 Å². The number of morpholine rings is 1. The lowest BCUT2D eigenvalue weighted by Crippen LogP contribution is -2.54. The summed E-state index contributed by atoms with van der Waals surface area (Å²) in [6, 6.07) is 9.34. The van der Waals surface area contributed by atoms with E-state index in [-0.39, 0.29) is 17.1 Å². The van der Waals surface area contributed by atoms with Gasteiger partial charge in [-0.05, 0) is 76.6 Å². The van der Waals surface area contributed by atoms with Gasteiger partial charge in [-0.2, -0.15) is 0 Å². The van der Waals surface area contributed by atoms with Crippen molar-refractivity contribution >= 4 is 17.7 Å². The van der Waals surface area contributed by atoms with E-state index in [2.05, 4.69) is 58.5 Å². The monoisotopic (exact) mass is 490 g/mol. The fraction of sp³-hybridized carbons (Fsp3) is 0.607. The molecular formula is C28H38N6O2. The standard InChI is InChI=1S/C28H38N6O2/c1-20-24(18-29-25(30-20)33-14-16-36-17-15-33)34-19-27(31-26(34)35)10-12-28(13-11-27,32(2)3)23-8-6-22(7-9-23)21-4-5-21/h6-9,18,21H,4-5,10-17,19H2,1-3H3,(H,31,35)/t27-,28+. The number of aromatic nitrogens is 2. The van der Waals surface area contributed by atoms with E-state index in [1.807, 2.05) is 18.0 Å². The first-order chi connectivity index (χ1) is 17.4. The van der Waals surface area contributed by atoms with Crippen LogP contribution in [0.2, 0.25) is 0 Å². The molecule has 36 heavy (non-hydrogen) atoms. The summed E-state index contributed by atoms with van der Waals surface area (Å²) in [6.07, 6.45) is 8.41. The Kier molecular flexibility index (Phi) is 5.91. The van der Waals surface area contributed by atoms with Crippen LogP contribution in [0.4, 0.5) is 16.4 Å². The van der Waals surface area contributed by atoms with Gasteiger partial charge in [0.25, 0.3) is 0 Å². The molecule has 4 aliphatic rings. The molecule has 2 aliphatic heterocycles. The largest absolute Gasteiger partial charge is 0.378 e. The quantitative estimate of drug-likeness (QED) is 0.687. The summed E-state index contributed by atoms with van der Waals surface area (Å²) in [5.74, 6) is 1.49. The average molecular weight is 491 g/mol. The van der Waals surface area contributed by atoms with Gasteiger partial charge in [0.15, 0.2) is 0 Å². The predicted octanol–water partition coefficient (Wildman–Crippen LogP) is 3.80. The van der Waals surface area contributed by atoms with E-state index in [1.165, 1.54) is 24.0 Å². The van der Waals surface area contributed by atoms with Gasteiger partial charge in [0.1, 0.15) is 0 Å². The van der Waals surface area contributed by atoms with E-state index in [1.54, 1.807) is 0 Å². The lowest BCUT2D eigenvalue weighted by atomic mass is 9.68. The summed E-state index contributed by atoms with van der Waals surface area (Å²) < 4.78 is 5.45. The second-order valence-electron chi connectivity index (χ2n) is 11.4. The number of anilines is 2. The number of carbonyl (C=O) groups is 1. The van der Waals surface area contributed by atoms with Gasteiger partial charge in [-0.25, -0.2) is 14.8 Å². The van der Waals surface area contributed by atoms with Crippen molar-refractivity contribution in [2.75, 3.05) is 56.7 Å². The van der Waals surface area contributed by atoms with Crippen molar-refractivity contribution in [2.24, 2.45) is 0 Å². The second-order valence-corrected chi connectivity index (χ2v) is 11.4. The first kappa shape index (κ1) is 23.7. The number of nitrogens with zero attached hydrogens (tertiary/aromatic N) is 5. The SMILES string of the molecule is Cc1nc(N2CCOCC2)ncc1N1C[C@]2(CC[C@](c3ccc(C4CC4)cc3)(N(C)C)CC2)NC1=O. The number of rotatable bonds is 5. The lowest BCUT2D eigenvalue weighted by molar-refractivity contribution is 0.0657. The van der Waals surface area contributed by atoms with Crippen molar-refractivity contribution < 1.29 is 9.53 Å². The highest BCUT2D eigenvalue weighted by molar-refractivity contribution is 5.95. The number of ether oxygens (including phenoxy) is 1. The molecule has 1 aromatic carbocycles. The number of hydrogen-bond acceptors (Lipinski definition) is 6. The molecular weight excluding hydrogens is 452 g/mol. The number of amides is 2. The number of urea groups is 1. The molecule has 1 spiro atoms. The third kappa shape index (κ3) is 4.14. The van der Waals surface area contributed by atoms with Crippen molar-refractivity contribution in [3.63, 3.8) is 0 Å². The van der Waals surface area contributed by atoms with Crippen molar-refractivity contribution in [3.8, 4) is 0 Å². The van der Waals surface area contributed by atoms with Gasteiger partial charge in [0.2, 0.25) is 5.95 Å². The van der Waals surface area contributed by atoms with Crippen molar-refractivity contribution in [2.45, 2.75) is 62.4 Å². The molecule has 8 nitrogen and oxygen atoms in total. The minimum absolute atomic E-state index is 0.00428. The molecule has 4 fully saturated rings. The van der Waals surface area contributed by atoms with Gasteiger partial charge in [-0.3, -0.25) is 9.80 Å². The smallest absolute Gasteiger partial charge is 0.322 e. The van der Waals surface area contributed by atoms with Crippen LogP contribution in [0.3, 0.4) is 0 Å². The molecule has 2 saturated heterocycles. The molecule has 0 atom stereocenters. The zero-order valence-corrected chi connectivity index (χ0v) is 21.8. The number of aryl methyl sites for hydroxylation is 1. The van der Waals surface area contributed by atoms with Crippen LogP contribution in [0.1, 0.15) is 61.3 Å².